The first kappa shape index (κ1) is 15.9. The summed E-state index contributed by atoms with van der Waals surface area (Å²) < 4.78 is 0.254. The van der Waals surface area contributed by atoms with Crippen LogP contribution in [0, 0.1) is 4.77 Å². The van der Waals surface area contributed by atoms with Crippen molar-refractivity contribution < 1.29 is 4.79 Å². The Labute approximate surface area is 138 Å². The highest BCUT2D eigenvalue weighted by molar-refractivity contribution is 7.71. The van der Waals surface area contributed by atoms with Gasteiger partial charge in [0, 0.05) is 18.2 Å². The van der Waals surface area contributed by atoms with E-state index in [-0.39, 0.29) is 16.2 Å². The Balaban J connectivity index is 1.76. The smallest absolute Gasteiger partial charge is 0.259 e. The molecule has 0 saturated carbocycles. The van der Waals surface area contributed by atoms with Crippen LogP contribution in [0.4, 0.5) is 0 Å². The van der Waals surface area contributed by atoms with E-state index in [2.05, 4.69) is 27.1 Å². The second kappa shape index (κ2) is 6.64. The minimum Gasteiger partial charge on any atom is -0.350 e. The van der Waals surface area contributed by atoms with Crippen LogP contribution in [0.5, 0.6) is 0 Å². The van der Waals surface area contributed by atoms with E-state index in [0.717, 1.165) is 19.5 Å². The summed E-state index contributed by atoms with van der Waals surface area (Å²) >= 11 is 4.97. The Morgan fingerprint density at radius 2 is 2.26 bits per heavy atom. The SMILES string of the molecule is CCN1CCCC1CNC(=O)c1ccc2c(=O)[nH]c(=S)[nH]c2c1. The van der Waals surface area contributed by atoms with Gasteiger partial charge in [0.25, 0.3) is 11.5 Å². The monoisotopic (exact) mass is 332 g/mol. The van der Waals surface area contributed by atoms with Gasteiger partial charge in [0.15, 0.2) is 4.77 Å². The Bertz CT molecular complexity index is 842. The van der Waals surface area contributed by atoms with Crippen LogP contribution >= 0.6 is 12.2 Å². The number of rotatable bonds is 4. The van der Waals surface area contributed by atoms with Crippen molar-refractivity contribution in [3.8, 4) is 0 Å². The Hall–Kier alpha value is -1.99. The zero-order valence-corrected chi connectivity index (χ0v) is 13.8. The molecule has 122 valence electrons. The number of likely N-dealkylation sites (tertiary alicyclic amines) is 1. The summed E-state index contributed by atoms with van der Waals surface area (Å²) in [6.07, 6.45) is 2.30. The van der Waals surface area contributed by atoms with Gasteiger partial charge in [-0.25, -0.2) is 0 Å². The molecule has 3 N–H and O–H groups in total. The molecule has 0 radical (unpaired) electrons. The van der Waals surface area contributed by atoms with Crippen LogP contribution in [-0.2, 0) is 0 Å². The largest absolute Gasteiger partial charge is 0.350 e. The molecule has 7 heteroatoms. The molecule has 6 nitrogen and oxygen atoms in total. The van der Waals surface area contributed by atoms with Crippen LogP contribution in [0.25, 0.3) is 10.9 Å². The Kier molecular flexibility index (Phi) is 4.58. The van der Waals surface area contributed by atoms with Crippen molar-refractivity contribution in [2.24, 2.45) is 0 Å². The van der Waals surface area contributed by atoms with E-state index >= 15 is 0 Å². The maximum atomic E-state index is 12.4. The molecule has 1 amide bonds. The average Bonchev–Trinajstić information content (AvgIpc) is 2.99. The number of benzene rings is 1. The second-order valence-electron chi connectivity index (χ2n) is 5.80. The number of nitrogens with one attached hydrogen (secondary N) is 3. The van der Waals surface area contributed by atoms with Crippen molar-refractivity contribution in [2.75, 3.05) is 19.6 Å². The molecule has 1 aliphatic rings. The minimum absolute atomic E-state index is 0.130. The number of carbonyl (C=O) groups excluding carboxylic acids is 1. The molecule has 1 aliphatic heterocycles. The summed E-state index contributed by atoms with van der Waals surface area (Å²) in [4.78, 5) is 32.0. The Morgan fingerprint density at radius 1 is 1.43 bits per heavy atom. The van der Waals surface area contributed by atoms with Gasteiger partial charge in [0.1, 0.15) is 0 Å². The first-order valence-corrected chi connectivity index (χ1v) is 8.28. The van der Waals surface area contributed by atoms with Crippen molar-refractivity contribution >= 4 is 29.0 Å². The molecule has 1 unspecified atom stereocenters. The summed E-state index contributed by atoms with van der Waals surface area (Å²) in [5.41, 5.74) is 0.845. The fraction of sp³-hybridized carbons (Fsp3) is 0.438. The van der Waals surface area contributed by atoms with Crippen molar-refractivity contribution in [3.63, 3.8) is 0 Å². The summed E-state index contributed by atoms with van der Waals surface area (Å²) in [6, 6.07) is 5.39. The highest BCUT2D eigenvalue weighted by Crippen LogP contribution is 2.16. The molecule has 1 aromatic heterocycles. The molecule has 2 heterocycles. The van der Waals surface area contributed by atoms with Crippen LogP contribution in [0.3, 0.4) is 0 Å². The molecule has 0 bridgehead atoms. The number of hydrogen-bond acceptors (Lipinski definition) is 4. The zero-order chi connectivity index (χ0) is 16.4. The van der Waals surface area contributed by atoms with Crippen LogP contribution in [0.2, 0.25) is 0 Å². The highest BCUT2D eigenvalue weighted by atomic mass is 32.1. The van der Waals surface area contributed by atoms with Gasteiger partial charge < -0.3 is 10.3 Å². The quantitative estimate of drug-likeness (QED) is 0.746. The second-order valence-corrected chi connectivity index (χ2v) is 6.21. The number of H-pyrrole nitrogens is 2. The van der Waals surface area contributed by atoms with E-state index in [0.29, 0.717) is 29.1 Å². The molecule has 2 aromatic rings. The van der Waals surface area contributed by atoms with Gasteiger partial charge in [-0.3, -0.25) is 19.5 Å². The number of carbonyl (C=O) groups is 1. The van der Waals surface area contributed by atoms with Gasteiger partial charge in [-0.05, 0) is 56.3 Å². The maximum Gasteiger partial charge on any atom is 0.259 e. The molecular weight excluding hydrogens is 312 g/mol. The fourth-order valence-electron chi connectivity index (χ4n) is 3.17. The topological polar surface area (TPSA) is 81.0 Å². The third-order valence-corrected chi connectivity index (χ3v) is 4.61. The number of aromatic amines is 2. The first-order valence-electron chi connectivity index (χ1n) is 7.87. The number of amides is 1. The summed E-state index contributed by atoms with van der Waals surface area (Å²) in [5.74, 6) is -0.130. The van der Waals surface area contributed by atoms with Gasteiger partial charge in [0.2, 0.25) is 0 Å². The molecular formula is C16H20N4O2S. The zero-order valence-electron chi connectivity index (χ0n) is 13.0. The predicted molar refractivity (Wildman–Crippen MR) is 92.4 cm³/mol. The van der Waals surface area contributed by atoms with Gasteiger partial charge in [-0.2, -0.15) is 0 Å². The maximum absolute atomic E-state index is 12.4. The van der Waals surface area contributed by atoms with Gasteiger partial charge in [0.05, 0.1) is 10.9 Å². The van der Waals surface area contributed by atoms with Gasteiger partial charge >= 0.3 is 0 Å². The molecule has 1 aromatic carbocycles. The minimum atomic E-state index is -0.250. The van der Waals surface area contributed by atoms with E-state index in [4.69, 9.17) is 12.2 Å². The van der Waals surface area contributed by atoms with Crippen molar-refractivity contribution in [3.05, 3.63) is 38.9 Å². The lowest BCUT2D eigenvalue weighted by atomic mass is 10.1. The first-order chi connectivity index (χ1) is 11.1. The van der Waals surface area contributed by atoms with Crippen LogP contribution in [-0.4, -0.2) is 46.5 Å². The van der Waals surface area contributed by atoms with E-state index < -0.39 is 0 Å². The van der Waals surface area contributed by atoms with Crippen LogP contribution in [0.15, 0.2) is 23.0 Å². The van der Waals surface area contributed by atoms with E-state index in [1.165, 1.54) is 6.42 Å². The molecule has 3 rings (SSSR count). The van der Waals surface area contributed by atoms with Gasteiger partial charge in [-0.15, -0.1) is 0 Å². The number of hydrogen-bond donors (Lipinski definition) is 3. The van der Waals surface area contributed by atoms with Gasteiger partial charge in [-0.1, -0.05) is 6.92 Å². The fourth-order valence-corrected chi connectivity index (χ4v) is 3.37. The van der Waals surface area contributed by atoms with E-state index in [9.17, 15) is 9.59 Å². The molecule has 0 aliphatic carbocycles. The van der Waals surface area contributed by atoms with Crippen LogP contribution < -0.4 is 10.9 Å². The normalized spacial score (nSPS) is 18.4. The average molecular weight is 332 g/mol. The summed E-state index contributed by atoms with van der Waals surface area (Å²) in [7, 11) is 0. The van der Waals surface area contributed by atoms with Crippen molar-refractivity contribution in [2.45, 2.75) is 25.8 Å². The molecule has 1 saturated heterocycles. The molecule has 23 heavy (non-hydrogen) atoms. The summed E-state index contributed by atoms with van der Waals surface area (Å²) in [5, 5.41) is 3.48. The molecule has 1 atom stereocenters. The van der Waals surface area contributed by atoms with Crippen molar-refractivity contribution in [1.29, 1.82) is 0 Å². The third-order valence-electron chi connectivity index (χ3n) is 4.41. The number of fused-ring (bicyclic) bond motifs is 1. The van der Waals surface area contributed by atoms with E-state index in [1.807, 2.05) is 0 Å². The Morgan fingerprint density at radius 3 is 3.04 bits per heavy atom. The number of nitrogens with zero attached hydrogens (tertiary/aromatic N) is 1. The van der Waals surface area contributed by atoms with Crippen LogP contribution in [0.1, 0.15) is 30.1 Å². The predicted octanol–water partition coefficient (Wildman–Crippen LogP) is 1.80. The number of likely N-dealkylation sites (N-methyl/N-ethyl adjacent to an activating group) is 1. The lowest BCUT2D eigenvalue weighted by Gasteiger charge is -2.22. The molecule has 0 spiro atoms. The number of aromatic nitrogens is 2. The lowest BCUT2D eigenvalue weighted by Crippen LogP contribution is -2.40. The standard InChI is InChI=1S/C16H20N4O2S/c1-2-20-7-3-4-11(20)9-17-14(21)10-5-6-12-13(8-10)18-16(23)19-15(12)22/h5-6,8,11H,2-4,7,9H2,1H3,(H,17,21)(H2,18,19,22,23). The van der Waals surface area contributed by atoms with Crippen molar-refractivity contribution in [1.82, 2.24) is 20.2 Å². The lowest BCUT2D eigenvalue weighted by molar-refractivity contribution is 0.0941. The third kappa shape index (κ3) is 3.35. The molecule has 1 fully saturated rings. The highest BCUT2D eigenvalue weighted by Gasteiger charge is 2.23. The summed E-state index contributed by atoms with van der Waals surface area (Å²) in [6.45, 7) is 4.90. The van der Waals surface area contributed by atoms with E-state index in [1.54, 1.807) is 18.2 Å².